The van der Waals surface area contributed by atoms with Crippen molar-refractivity contribution in [1.29, 1.82) is 0 Å². The Kier molecular flexibility index (Phi) is 6.12. The lowest BCUT2D eigenvalue weighted by Gasteiger charge is -2.07. The standard InChI is InChI=1S/C15H17ClN4O2/c1-22-10-4-9-17-15(21)13-7-8-14(20-19-13)18-12-6-3-2-5-11(12)16/h2-3,5-8H,4,9-10H2,1H3,(H,17,21)(H,18,20). The summed E-state index contributed by atoms with van der Waals surface area (Å²) in [5.41, 5.74) is 0.998. The Morgan fingerprint density at radius 2 is 2.05 bits per heavy atom. The van der Waals surface area contributed by atoms with Crippen molar-refractivity contribution < 1.29 is 9.53 Å². The molecule has 7 heteroatoms. The first-order chi connectivity index (χ1) is 10.7. The van der Waals surface area contributed by atoms with E-state index in [2.05, 4.69) is 20.8 Å². The Labute approximate surface area is 133 Å². The Morgan fingerprint density at radius 3 is 2.73 bits per heavy atom. The van der Waals surface area contributed by atoms with Crippen LogP contribution in [0.15, 0.2) is 36.4 Å². The van der Waals surface area contributed by atoms with Gasteiger partial charge in [-0.25, -0.2) is 0 Å². The number of hydrogen-bond acceptors (Lipinski definition) is 5. The largest absolute Gasteiger partial charge is 0.385 e. The molecule has 2 N–H and O–H groups in total. The molecule has 2 rings (SSSR count). The molecule has 1 aromatic heterocycles. The number of carbonyl (C=O) groups is 1. The van der Waals surface area contributed by atoms with Gasteiger partial charge < -0.3 is 15.4 Å². The number of amides is 1. The molecule has 1 heterocycles. The van der Waals surface area contributed by atoms with Gasteiger partial charge in [0.25, 0.3) is 5.91 Å². The zero-order chi connectivity index (χ0) is 15.8. The van der Waals surface area contributed by atoms with Crippen molar-refractivity contribution in [2.75, 3.05) is 25.6 Å². The molecular weight excluding hydrogens is 304 g/mol. The van der Waals surface area contributed by atoms with Crippen LogP contribution >= 0.6 is 11.6 Å². The van der Waals surface area contributed by atoms with Crippen LogP contribution in [0.3, 0.4) is 0 Å². The quantitative estimate of drug-likeness (QED) is 0.767. The molecule has 2 aromatic rings. The number of hydrogen-bond donors (Lipinski definition) is 2. The summed E-state index contributed by atoms with van der Waals surface area (Å²) in [6, 6.07) is 10.6. The molecule has 22 heavy (non-hydrogen) atoms. The number of halogens is 1. The first-order valence-corrected chi connectivity index (χ1v) is 7.21. The number of methoxy groups -OCH3 is 1. The van der Waals surface area contributed by atoms with Gasteiger partial charge in [-0.15, -0.1) is 10.2 Å². The molecule has 6 nitrogen and oxygen atoms in total. The van der Waals surface area contributed by atoms with E-state index in [-0.39, 0.29) is 11.6 Å². The fourth-order valence-electron chi connectivity index (χ4n) is 1.73. The van der Waals surface area contributed by atoms with Crippen molar-refractivity contribution in [2.24, 2.45) is 0 Å². The van der Waals surface area contributed by atoms with Gasteiger partial charge in [0.05, 0.1) is 10.7 Å². The molecule has 0 fully saturated rings. The van der Waals surface area contributed by atoms with Crippen LogP contribution in [0.2, 0.25) is 5.02 Å². The molecule has 0 aliphatic heterocycles. The van der Waals surface area contributed by atoms with Gasteiger partial charge in [-0.2, -0.15) is 0 Å². The molecule has 0 aliphatic rings. The normalized spacial score (nSPS) is 10.3. The van der Waals surface area contributed by atoms with Crippen LogP contribution < -0.4 is 10.6 Å². The highest BCUT2D eigenvalue weighted by molar-refractivity contribution is 6.33. The Bertz CT molecular complexity index is 619. The summed E-state index contributed by atoms with van der Waals surface area (Å²) in [5, 5.41) is 14.3. The predicted octanol–water partition coefficient (Wildman–Crippen LogP) is 2.64. The number of nitrogens with zero attached hydrogens (tertiary/aromatic N) is 2. The summed E-state index contributed by atoms with van der Waals surface area (Å²) in [5.74, 6) is 0.261. The number of para-hydroxylation sites is 1. The Hall–Kier alpha value is -2.18. The molecule has 0 bridgehead atoms. The highest BCUT2D eigenvalue weighted by Crippen LogP contribution is 2.23. The molecule has 0 atom stereocenters. The zero-order valence-electron chi connectivity index (χ0n) is 12.2. The van der Waals surface area contributed by atoms with E-state index < -0.39 is 0 Å². The maximum atomic E-state index is 11.8. The average Bonchev–Trinajstić information content (AvgIpc) is 2.54. The van der Waals surface area contributed by atoms with Gasteiger partial charge in [-0.3, -0.25) is 4.79 Å². The maximum absolute atomic E-state index is 11.8. The number of carbonyl (C=O) groups excluding carboxylic acids is 1. The van der Waals surface area contributed by atoms with Gasteiger partial charge in [0, 0.05) is 20.3 Å². The van der Waals surface area contributed by atoms with Gasteiger partial charge in [0.1, 0.15) is 0 Å². The third kappa shape index (κ3) is 4.68. The van der Waals surface area contributed by atoms with Crippen molar-refractivity contribution >= 4 is 29.0 Å². The first kappa shape index (κ1) is 16.2. The smallest absolute Gasteiger partial charge is 0.271 e. The van der Waals surface area contributed by atoms with Crippen molar-refractivity contribution in [3.8, 4) is 0 Å². The molecule has 0 aliphatic carbocycles. The number of aromatic nitrogens is 2. The fraction of sp³-hybridized carbons (Fsp3) is 0.267. The van der Waals surface area contributed by atoms with Gasteiger partial charge in [0.15, 0.2) is 11.5 Å². The van der Waals surface area contributed by atoms with Crippen molar-refractivity contribution in [3.05, 3.63) is 47.1 Å². The topological polar surface area (TPSA) is 76.1 Å². The zero-order valence-corrected chi connectivity index (χ0v) is 12.9. The summed E-state index contributed by atoms with van der Waals surface area (Å²) < 4.78 is 4.91. The minimum Gasteiger partial charge on any atom is -0.385 e. The third-order valence-electron chi connectivity index (χ3n) is 2.84. The van der Waals surface area contributed by atoms with Crippen LogP contribution in [0.4, 0.5) is 11.5 Å². The third-order valence-corrected chi connectivity index (χ3v) is 3.17. The number of ether oxygens (including phenoxy) is 1. The van der Waals surface area contributed by atoms with Crippen LogP contribution in [0.5, 0.6) is 0 Å². The molecule has 0 saturated carbocycles. The lowest BCUT2D eigenvalue weighted by molar-refractivity contribution is 0.0942. The monoisotopic (exact) mass is 320 g/mol. The molecule has 116 valence electrons. The van der Waals surface area contributed by atoms with Crippen molar-refractivity contribution in [2.45, 2.75) is 6.42 Å². The van der Waals surface area contributed by atoms with E-state index in [4.69, 9.17) is 16.3 Å². The van der Waals surface area contributed by atoms with Crippen LogP contribution in [-0.4, -0.2) is 36.4 Å². The number of rotatable bonds is 7. The van der Waals surface area contributed by atoms with Crippen molar-refractivity contribution in [3.63, 3.8) is 0 Å². The minimum absolute atomic E-state index is 0.257. The average molecular weight is 321 g/mol. The van der Waals surface area contributed by atoms with E-state index in [0.29, 0.717) is 24.0 Å². The van der Waals surface area contributed by atoms with E-state index >= 15 is 0 Å². The maximum Gasteiger partial charge on any atom is 0.271 e. The van der Waals surface area contributed by atoms with Crippen LogP contribution in [-0.2, 0) is 4.74 Å². The molecular formula is C15H17ClN4O2. The summed E-state index contributed by atoms with van der Waals surface area (Å²) in [6.07, 6.45) is 0.752. The number of anilines is 2. The predicted molar refractivity (Wildman–Crippen MR) is 85.6 cm³/mol. The van der Waals surface area contributed by atoms with E-state index in [9.17, 15) is 4.79 Å². The second-order valence-electron chi connectivity index (χ2n) is 4.51. The molecule has 1 aromatic carbocycles. The van der Waals surface area contributed by atoms with Crippen molar-refractivity contribution in [1.82, 2.24) is 15.5 Å². The van der Waals surface area contributed by atoms with E-state index in [1.54, 1.807) is 25.3 Å². The molecule has 1 amide bonds. The summed E-state index contributed by atoms with van der Waals surface area (Å²) in [6.45, 7) is 1.14. The first-order valence-electron chi connectivity index (χ1n) is 6.83. The fourth-order valence-corrected chi connectivity index (χ4v) is 1.91. The summed E-state index contributed by atoms with van der Waals surface area (Å²) >= 11 is 6.05. The number of nitrogens with one attached hydrogen (secondary N) is 2. The SMILES string of the molecule is COCCCNC(=O)c1ccc(Nc2ccccc2Cl)nn1. The van der Waals surface area contributed by atoms with E-state index in [1.807, 2.05) is 18.2 Å². The second-order valence-corrected chi connectivity index (χ2v) is 4.92. The molecule has 0 spiro atoms. The summed E-state index contributed by atoms with van der Waals surface area (Å²) in [7, 11) is 1.62. The Morgan fingerprint density at radius 1 is 1.23 bits per heavy atom. The molecule has 0 unspecified atom stereocenters. The minimum atomic E-state index is -0.257. The van der Waals surface area contributed by atoms with Crippen LogP contribution in [0.25, 0.3) is 0 Å². The van der Waals surface area contributed by atoms with Gasteiger partial charge >= 0.3 is 0 Å². The lowest BCUT2D eigenvalue weighted by Crippen LogP contribution is -2.26. The van der Waals surface area contributed by atoms with Crippen LogP contribution in [0, 0.1) is 0 Å². The molecule has 0 saturated heterocycles. The van der Waals surface area contributed by atoms with E-state index in [0.717, 1.165) is 12.1 Å². The highest BCUT2D eigenvalue weighted by atomic mass is 35.5. The summed E-state index contributed by atoms with van der Waals surface area (Å²) in [4.78, 5) is 11.8. The highest BCUT2D eigenvalue weighted by Gasteiger charge is 2.08. The Balaban J connectivity index is 1.92. The van der Waals surface area contributed by atoms with Crippen LogP contribution in [0.1, 0.15) is 16.9 Å². The number of benzene rings is 1. The molecule has 0 radical (unpaired) electrons. The van der Waals surface area contributed by atoms with Gasteiger partial charge in [-0.05, 0) is 30.7 Å². The second kappa shape index (κ2) is 8.31. The van der Waals surface area contributed by atoms with Gasteiger partial charge in [-0.1, -0.05) is 23.7 Å². The van der Waals surface area contributed by atoms with E-state index in [1.165, 1.54) is 0 Å². The van der Waals surface area contributed by atoms with Gasteiger partial charge in [0.2, 0.25) is 0 Å². The lowest BCUT2D eigenvalue weighted by atomic mass is 10.3.